The number of ether oxygens (including phenoxy) is 1. The molecule has 1 aromatic heterocycles. The summed E-state index contributed by atoms with van der Waals surface area (Å²) in [6.07, 6.45) is -0.290. The normalized spacial score (nSPS) is 17.2. The quantitative estimate of drug-likeness (QED) is 0.744. The molecule has 0 amide bonds. The van der Waals surface area contributed by atoms with E-state index in [9.17, 15) is 13.2 Å². The van der Waals surface area contributed by atoms with Gasteiger partial charge in [0.15, 0.2) is 0 Å². The first-order valence-electron chi connectivity index (χ1n) is 9.73. The van der Waals surface area contributed by atoms with E-state index in [1.165, 1.54) is 30.4 Å². The second-order valence-electron chi connectivity index (χ2n) is 7.18. The van der Waals surface area contributed by atoms with Crippen molar-refractivity contribution >= 4 is 5.97 Å². The Morgan fingerprint density at radius 1 is 1.33 bits per heavy atom. The SMILES string of the molecule is COc1cccc(C2CCCCN2CCc2c(C)noc2C)c1.O=C(O)C(F)(F)F. The Morgan fingerprint density at radius 3 is 2.60 bits per heavy atom. The molecule has 1 unspecified atom stereocenters. The third-order valence-electron chi connectivity index (χ3n) is 5.16. The second-order valence-corrected chi connectivity index (χ2v) is 7.18. The molecule has 9 heteroatoms. The number of carboxylic acid groups (broad SMARTS) is 1. The summed E-state index contributed by atoms with van der Waals surface area (Å²) in [6, 6.07) is 9.00. The summed E-state index contributed by atoms with van der Waals surface area (Å²) in [7, 11) is 1.73. The number of hydrogen-bond donors (Lipinski definition) is 1. The molecule has 1 N–H and O–H groups in total. The van der Waals surface area contributed by atoms with E-state index in [0.29, 0.717) is 6.04 Å². The fourth-order valence-electron chi connectivity index (χ4n) is 3.60. The van der Waals surface area contributed by atoms with E-state index in [4.69, 9.17) is 19.2 Å². The van der Waals surface area contributed by atoms with Gasteiger partial charge in [0.1, 0.15) is 11.5 Å². The first kappa shape index (κ1) is 23.7. The van der Waals surface area contributed by atoms with Crippen LogP contribution in [0.4, 0.5) is 13.2 Å². The van der Waals surface area contributed by atoms with Crippen molar-refractivity contribution in [2.24, 2.45) is 0 Å². The van der Waals surface area contributed by atoms with Crippen LogP contribution < -0.4 is 4.74 Å². The van der Waals surface area contributed by atoms with Crippen LogP contribution >= 0.6 is 0 Å². The van der Waals surface area contributed by atoms with Gasteiger partial charge in [0.2, 0.25) is 0 Å². The Balaban J connectivity index is 0.000000396. The van der Waals surface area contributed by atoms with Gasteiger partial charge in [-0.25, -0.2) is 4.79 Å². The van der Waals surface area contributed by atoms with Crippen molar-refractivity contribution < 1.29 is 32.3 Å². The minimum Gasteiger partial charge on any atom is -0.497 e. The van der Waals surface area contributed by atoms with Gasteiger partial charge in [-0.05, 0) is 57.4 Å². The highest BCUT2D eigenvalue weighted by molar-refractivity contribution is 5.73. The van der Waals surface area contributed by atoms with Gasteiger partial charge in [-0.1, -0.05) is 23.7 Å². The van der Waals surface area contributed by atoms with Crippen molar-refractivity contribution in [2.75, 3.05) is 20.2 Å². The summed E-state index contributed by atoms with van der Waals surface area (Å²) in [5.41, 5.74) is 3.65. The number of halogens is 3. The van der Waals surface area contributed by atoms with Crippen LogP contribution in [0.2, 0.25) is 0 Å². The number of aliphatic carboxylic acids is 1. The lowest BCUT2D eigenvalue weighted by molar-refractivity contribution is -0.192. The molecular formula is C21H27F3N2O4. The van der Waals surface area contributed by atoms with E-state index >= 15 is 0 Å². The van der Waals surface area contributed by atoms with Crippen LogP contribution in [-0.2, 0) is 11.2 Å². The highest BCUT2D eigenvalue weighted by atomic mass is 19.4. The predicted octanol–water partition coefficient (Wildman–Crippen LogP) is 4.70. The van der Waals surface area contributed by atoms with Crippen LogP contribution in [0, 0.1) is 13.8 Å². The van der Waals surface area contributed by atoms with E-state index in [0.717, 1.165) is 36.7 Å². The molecule has 1 aromatic carbocycles. The van der Waals surface area contributed by atoms with Gasteiger partial charge in [-0.3, -0.25) is 4.90 Å². The van der Waals surface area contributed by atoms with Gasteiger partial charge in [0, 0.05) is 18.2 Å². The van der Waals surface area contributed by atoms with Gasteiger partial charge in [-0.15, -0.1) is 0 Å². The van der Waals surface area contributed by atoms with Crippen LogP contribution in [-0.4, -0.2) is 47.5 Å². The van der Waals surface area contributed by atoms with Crippen LogP contribution in [0.5, 0.6) is 5.75 Å². The smallest absolute Gasteiger partial charge is 0.490 e. The van der Waals surface area contributed by atoms with Crippen LogP contribution in [0.1, 0.15) is 47.9 Å². The van der Waals surface area contributed by atoms with E-state index < -0.39 is 12.1 Å². The van der Waals surface area contributed by atoms with Crippen LogP contribution in [0.15, 0.2) is 28.8 Å². The monoisotopic (exact) mass is 428 g/mol. The van der Waals surface area contributed by atoms with Crippen molar-refractivity contribution in [1.29, 1.82) is 0 Å². The summed E-state index contributed by atoms with van der Waals surface area (Å²) >= 11 is 0. The number of alkyl halides is 3. The topological polar surface area (TPSA) is 75.8 Å². The number of piperidine rings is 1. The van der Waals surface area contributed by atoms with Gasteiger partial charge >= 0.3 is 12.1 Å². The van der Waals surface area contributed by atoms with Crippen molar-refractivity contribution in [3.8, 4) is 5.75 Å². The van der Waals surface area contributed by atoms with Crippen molar-refractivity contribution in [3.63, 3.8) is 0 Å². The molecule has 1 saturated heterocycles. The van der Waals surface area contributed by atoms with Crippen LogP contribution in [0.3, 0.4) is 0 Å². The maximum atomic E-state index is 10.6. The van der Waals surface area contributed by atoms with E-state index in [1.807, 2.05) is 19.9 Å². The number of hydrogen-bond acceptors (Lipinski definition) is 5. The Labute approximate surface area is 173 Å². The zero-order valence-corrected chi connectivity index (χ0v) is 17.3. The zero-order chi connectivity index (χ0) is 22.3. The standard InChI is InChI=1S/C19H26N2O2.C2HF3O2/c1-14-18(15(2)23-20-14)10-12-21-11-5-4-9-19(21)16-7-6-8-17(13-16)22-3;3-2(4,5)1(6)7/h6-8,13,19H,4-5,9-12H2,1-3H3;(H,6,7). The number of aryl methyl sites for hydroxylation is 2. The van der Waals surface area contributed by atoms with Crippen molar-refractivity contribution in [2.45, 2.75) is 51.7 Å². The average molecular weight is 428 g/mol. The minimum absolute atomic E-state index is 0.485. The van der Waals surface area contributed by atoms with Gasteiger partial charge in [-0.2, -0.15) is 13.2 Å². The van der Waals surface area contributed by atoms with Gasteiger partial charge in [0.25, 0.3) is 0 Å². The fourth-order valence-corrected chi connectivity index (χ4v) is 3.60. The molecule has 2 aromatic rings. The number of carbonyl (C=O) groups is 1. The first-order valence-corrected chi connectivity index (χ1v) is 9.73. The van der Waals surface area contributed by atoms with E-state index in [-0.39, 0.29) is 0 Å². The summed E-state index contributed by atoms with van der Waals surface area (Å²) < 4.78 is 42.4. The Kier molecular flexibility index (Phi) is 8.28. The highest BCUT2D eigenvalue weighted by Crippen LogP contribution is 2.32. The predicted molar refractivity (Wildman–Crippen MR) is 105 cm³/mol. The van der Waals surface area contributed by atoms with Crippen LogP contribution in [0.25, 0.3) is 0 Å². The third-order valence-corrected chi connectivity index (χ3v) is 5.16. The number of aromatic nitrogens is 1. The molecule has 0 radical (unpaired) electrons. The molecule has 0 saturated carbocycles. The molecule has 1 fully saturated rings. The van der Waals surface area contributed by atoms with Gasteiger partial charge in [0.05, 0.1) is 12.8 Å². The zero-order valence-electron chi connectivity index (χ0n) is 17.3. The van der Waals surface area contributed by atoms with E-state index in [1.54, 1.807) is 7.11 Å². The fraction of sp³-hybridized carbons (Fsp3) is 0.524. The molecule has 30 heavy (non-hydrogen) atoms. The summed E-state index contributed by atoms with van der Waals surface area (Å²) in [5, 5.41) is 11.2. The number of methoxy groups -OCH3 is 1. The lowest BCUT2D eigenvalue weighted by Gasteiger charge is -2.36. The third kappa shape index (κ3) is 6.48. The number of carboxylic acids is 1. The number of nitrogens with zero attached hydrogens (tertiary/aromatic N) is 2. The lowest BCUT2D eigenvalue weighted by atomic mass is 9.94. The average Bonchev–Trinajstić information content (AvgIpc) is 3.04. The molecule has 3 rings (SSSR count). The van der Waals surface area contributed by atoms with E-state index in [2.05, 4.69) is 28.3 Å². The summed E-state index contributed by atoms with van der Waals surface area (Å²) in [5.74, 6) is -0.858. The number of rotatable bonds is 5. The Hall–Kier alpha value is -2.55. The molecule has 0 aliphatic carbocycles. The molecule has 1 atom stereocenters. The summed E-state index contributed by atoms with van der Waals surface area (Å²) in [4.78, 5) is 11.5. The molecule has 2 heterocycles. The molecule has 0 bridgehead atoms. The maximum Gasteiger partial charge on any atom is 0.490 e. The molecule has 6 nitrogen and oxygen atoms in total. The minimum atomic E-state index is -5.08. The molecule has 0 spiro atoms. The largest absolute Gasteiger partial charge is 0.497 e. The van der Waals surface area contributed by atoms with Crippen molar-refractivity contribution in [1.82, 2.24) is 10.1 Å². The van der Waals surface area contributed by atoms with Crippen molar-refractivity contribution in [3.05, 3.63) is 46.8 Å². The Bertz CT molecular complexity index is 816. The highest BCUT2D eigenvalue weighted by Gasteiger charge is 2.38. The Morgan fingerprint density at radius 2 is 2.03 bits per heavy atom. The second kappa shape index (κ2) is 10.5. The molecule has 166 valence electrons. The number of likely N-dealkylation sites (tertiary alicyclic amines) is 1. The first-order chi connectivity index (χ1) is 14.1. The lowest BCUT2D eigenvalue weighted by Crippen LogP contribution is -2.35. The molecular weight excluding hydrogens is 401 g/mol. The molecule has 1 aliphatic heterocycles. The molecule has 1 aliphatic rings. The van der Waals surface area contributed by atoms with Gasteiger partial charge < -0.3 is 14.4 Å². The number of benzene rings is 1. The maximum absolute atomic E-state index is 10.6. The summed E-state index contributed by atoms with van der Waals surface area (Å²) in [6.45, 7) is 6.24.